The Morgan fingerprint density at radius 2 is 1.97 bits per heavy atom. The largest absolute Gasteiger partial charge is 0.503 e. The Bertz CT molecular complexity index is 1140. The van der Waals surface area contributed by atoms with Crippen LogP contribution in [0, 0.1) is 6.92 Å². The summed E-state index contributed by atoms with van der Waals surface area (Å²) in [7, 11) is 1.58. The SMILES string of the molecule is C=CCN(CC=C)Cc1c(C)nc2n(C(=C(C)C)/C(Cl)=C\OC)c3ncccc3n12. The lowest BCUT2D eigenvalue weighted by Gasteiger charge is -2.18. The third-order valence-corrected chi connectivity index (χ3v) is 5.13. The van der Waals surface area contributed by atoms with Crippen molar-refractivity contribution in [2.45, 2.75) is 27.3 Å². The summed E-state index contributed by atoms with van der Waals surface area (Å²) in [6.07, 6.45) is 7.11. The fourth-order valence-electron chi connectivity index (χ4n) is 3.68. The van der Waals surface area contributed by atoms with Gasteiger partial charge in [0, 0.05) is 25.8 Å². The second kappa shape index (κ2) is 9.32. The van der Waals surface area contributed by atoms with E-state index in [0.717, 1.165) is 52.7 Å². The van der Waals surface area contributed by atoms with E-state index < -0.39 is 0 Å². The van der Waals surface area contributed by atoms with Gasteiger partial charge in [-0.2, -0.15) is 0 Å². The molecule has 0 atom stereocenters. The minimum Gasteiger partial charge on any atom is -0.503 e. The molecule has 0 fully saturated rings. The number of aryl methyl sites for hydroxylation is 1. The molecule has 158 valence electrons. The van der Waals surface area contributed by atoms with Gasteiger partial charge in [-0.25, -0.2) is 9.97 Å². The van der Waals surface area contributed by atoms with Gasteiger partial charge in [-0.15, -0.1) is 13.2 Å². The first-order valence-electron chi connectivity index (χ1n) is 9.78. The fourth-order valence-corrected chi connectivity index (χ4v) is 4.04. The lowest BCUT2D eigenvalue weighted by molar-refractivity contribution is 0.322. The number of fused-ring (bicyclic) bond motifs is 3. The van der Waals surface area contributed by atoms with E-state index >= 15 is 0 Å². The predicted molar refractivity (Wildman–Crippen MR) is 124 cm³/mol. The van der Waals surface area contributed by atoms with Crippen molar-refractivity contribution in [2.24, 2.45) is 0 Å². The Balaban J connectivity index is 2.33. The van der Waals surface area contributed by atoms with E-state index in [1.165, 1.54) is 6.26 Å². The van der Waals surface area contributed by atoms with Crippen molar-refractivity contribution < 1.29 is 4.74 Å². The molecule has 6 nitrogen and oxygen atoms in total. The van der Waals surface area contributed by atoms with Gasteiger partial charge in [-0.3, -0.25) is 13.9 Å². The number of pyridine rings is 1. The maximum Gasteiger partial charge on any atom is 0.221 e. The summed E-state index contributed by atoms with van der Waals surface area (Å²) >= 11 is 6.61. The molecule has 0 saturated heterocycles. The van der Waals surface area contributed by atoms with E-state index in [1.807, 2.05) is 43.6 Å². The normalized spacial score (nSPS) is 12.0. The van der Waals surface area contributed by atoms with Crippen LogP contribution < -0.4 is 0 Å². The summed E-state index contributed by atoms with van der Waals surface area (Å²) in [6.45, 7) is 16.1. The summed E-state index contributed by atoms with van der Waals surface area (Å²) < 4.78 is 9.35. The molecule has 0 amide bonds. The van der Waals surface area contributed by atoms with Gasteiger partial charge in [0.25, 0.3) is 0 Å². The van der Waals surface area contributed by atoms with Crippen molar-refractivity contribution in [2.75, 3.05) is 20.2 Å². The van der Waals surface area contributed by atoms with E-state index in [9.17, 15) is 0 Å². The average Bonchev–Trinajstić information content (AvgIpc) is 3.17. The molecule has 3 heterocycles. The zero-order valence-corrected chi connectivity index (χ0v) is 18.8. The molecule has 7 heteroatoms. The number of hydrogen-bond donors (Lipinski definition) is 0. The van der Waals surface area contributed by atoms with Crippen LogP contribution in [0.2, 0.25) is 0 Å². The zero-order valence-electron chi connectivity index (χ0n) is 18.0. The van der Waals surface area contributed by atoms with Crippen LogP contribution >= 0.6 is 11.6 Å². The molecule has 0 spiro atoms. The van der Waals surface area contributed by atoms with E-state index in [4.69, 9.17) is 21.3 Å². The van der Waals surface area contributed by atoms with Crippen LogP contribution in [0.4, 0.5) is 0 Å². The number of imidazole rings is 2. The van der Waals surface area contributed by atoms with Gasteiger partial charge in [0.05, 0.1) is 34.7 Å². The summed E-state index contributed by atoms with van der Waals surface area (Å²) in [5.74, 6) is 0.771. The fraction of sp³-hybridized carbons (Fsp3) is 0.304. The van der Waals surface area contributed by atoms with Crippen molar-refractivity contribution >= 4 is 34.2 Å². The van der Waals surface area contributed by atoms with Crippen LogP contribution in [-0.4, -0.2) is 44.0 Å². The van der Waals surface area contributed by atoms with Crippen molar-refractivity contribution in [1.29, 1.82) is 0 Å². The number of methoxy groups -OCH3 is 1. The Labute approximate surface area is 182 Å². The molecule has 0 bridgehead atoms. The Hall–Kier alpha value is -2.83. The van der Waals surface area contributed by atoms with Crippen molar-refractivity contribution in [1.82, 2.24) is 23.8 Å². The number of aromatic nitrogens is 4. The number of hydrogen-bond acceptors (Lipinski definition) is 4. The molecule has 0 aliphatic heterocycles. The quantitative estimate of drug-likeness (QED) is 0.270. The molecule has 3 rings (SSSR count). The standard InChI is InChI=1S/C23H28ClN5O/c1-7-12-27(13-8-2)14-20-17(5)26-23-28(20)19-10-9-11-25-22(19)29(23)21(16(3)4)18(24)15-30-6/h7-11,15H,1-2,12-14H2,3-6H3/b18-15+. The molecule has 3 aromatic rings. The second-order valence-electron chi connectivity index (χ2n) is 7.28. The first kappa shape index (κ1) is 21.9. The van der Waals surface area contributed by atoms with Gasteiger partial charge in [0.15, 0.2) is 5.65 Å². The molecule has 0 aromatic carbocycles. The Morgan fingerprint density at radius 3 is 2.57 bits per heavy atom. The van der Waals surface area contributed by atoms with Crippen LogP contribution in [0.1, 0.15) is 25.2 Å². The number of allylic oxidation sites excluding steroid dienone is 3. The van der Waals surface area contributed by atoms with Crippen LogP contribution in [-0.2, 0) is 11.3 Å². The van der Waals surface area contributed by atoms with E-state index in [2.05, 4.69) is 33.5 Å². The van der Waals surface area contributed by atoms with Crippen LogP contribution in [0.5, 0.6) is 0 Å². The number of nitrogens with zero attached hydrogens (tertiary/aromatic N) is 5. The highest BCUT2D eigenvalue weighted by molar-refractivity contribution is 6.36. The third-order valence-electron chi connectivity index (χ3n) is 4.87. The number of halogens is 1. The van der Waals surface area contributed by atoms with Crippen molar-refractivity contribution in [3.63, 3.8) is 0 Å². The summed E-state index contributed by atoms with van der Waals surface area (Å²) in [4.78, 5) is 11.8. The van der Waals surface area contributed by atoms with Crippen LogP contribution in [0.15, 0.2) is 60.5 Å². The highest BCUT2D eigenvalue weighted by atomic mass is 35.5. The molecule has 0 aliphatic carbocycles. The molecular weight excluding hydrogens is 398 g/mol. The monoisotopic (exact) mass is 425 g/mol. The third kappa shape index (κ3) is 3.93. The molecule has 30 heavy (non-hydrogen) atoms. The highest BCUT2D eigenvalue weighted by Crippen LogP contribution is 2.32. The number of ether oxygens (including phenoxy) is 1. The van der Waals surface area contributed by atoms with E-state index in [1.54, 1.807) is 13.3 Å². The Kier molecular flexibility index (Phi) is 6.80. The molecule has 0 unspecified atom stereocenters. The maximum atomic E-state index is 6.61. The molecule has 0 radical (unpaired) electrons. The lowest BCUT2D eigenvalue weighted by Crippen LogP contribution is -2.24. The summed E-state index contributed by atoms with van der Waals surface area (Å²) in [5.41, 5.74) is 5.66. The Morgan fingerprint density at radius 1 is 1.27 bits per heavy atom. The number of rotatable bonds is 9. The van der Waals surface area contributed by atoms with Gasteiger partial charge in [0.1, 0.15) is 6.26 Å². The zero-order chi connectivity index (χ0) is 21.8. The summed E-state index contributed by atoms with van der Waals surface area (Å²) in [5, 5.41) is 0.490. The van der Waals surface area contributed by atoms with Gasteiger partial charge >= 0.3 is 0 Å². The van der Waals surface area contributed by atoms with E-state index in [0.29, 0.717) is 11.6 Å². The van der Waals surface area contributed by atoms with Gasteiger partial charge in [0.2, 0.25) is 5.78 Å². The first-order valence-corrected chi connectivity index (χ1v) is 10.2. The van der Waals surface area contributed by atoms with Crippen LogP contribution in [0.25, 0.3) is 22.6 Å². The minimum atomic E-state index is 0.490. The van der Waals surface area contributed by atoms with E-state index in [-0.39, 0.29) is 0 Å². The smallest absolute Gasteiger partial charge is 0.221 e. The highest BCUT2D eigenvalue weighted by Gasteiger charge is 2.23. The predicted octanol–water partition coefficient (Wildman–Crippen LogP) is 5.14. The lowest BCUT2D eigenvalue weighted by atomic mass is 10.2. The van der Waals surface area contributed by atoms with Crippen molar-refractivity contribution in [3.05, 3.63) is 71.9 Å². The summed E-state index contributed by atoms with van der Waals surface area (Å²) in [6, 6.07) is 3.99. The first-order chi connectivity index (χ1) is 14.4. The average molecular weight is 426 g/mol. The van der Waals surface area contributed by atoms with Gasteiger partial charge in [-0.1, -0.05) is 29.3 Å². The van der Waals surface area contributed by atoms with Crippen molar-refractivity contribution in [3.8, 4) is 0 Å². The molecular formula is C23H28ClN5O. The second-order valence-corrected chi connectivity index (χ2v) is 7.69. The van der Waals surface area contributed by atoms with Gasteiger partial charge in [-0.05, 0) is 32.9 Å². The molecule has 0 saturated carbocycles. The molecule has 0 aliphatic rings. The minimum absolute atomic E-state index is 0.490. The maximum absolute atomic E-state index is 6.61. The molecule has 0 N–H and O–H groups in total. The van der Waals surface area contributed by atoms with Gasteiger partial charge < -0.3 is 4.74 Å². The molecule has 3 aromatic heterocycles. The van der Waals surface area contributed by atoms with Crippen LogP contribution in [0.3, 0.4) is 0 Å². The topological polar surface area (TPSA) is 47.6 Å².